The largest absolute Gasteiger partial charge is 0.496 e. The fourth-order valence-corrected chi connectivity index (χ4v) is 1.80. The Morgan fingerprint density at radius 3 is 2.37 bits per heavy atom. The zero-order valence-electron chi connectivity index (χ0n) is 12.3. The van der Waals surface area contributed by atoms with Gasteiger partial charge in [0.15, 0.2) is 0 Å². The Bertz CT molecular complexity index is 476. The van der Waals surface area contributed by atoms with E-state index in [1.54, 1.807) is 14.2 Å². The van der Waals surface area contributed by atoms with Crippen LogP contribution >= 0.6 is 0 Å². The summed E-state index contributed by atoms with van der Waals surface area (Å²) in [7, 11) is 3.31. The molecule has 19 heavy (non-hydrogen) atoms. The molecule has 1 aromatic carbocycles. The number of aryl methyl sites for hydroxylation is 1. The van der Waals surface area contributed by atoms with Gasteiger partial charge in [0, 0.05) is 18.7 Å². The van der Waals surface area contributed by atoms with Crippen LogP contribution in [0.4, 0.5) is 0 Å². The number of nitrogens with zero attached hydrogens (tertiary/aromatic N) is 1. The first-order chi connectivity index (χ1) is 8.93. The van der Waals surface area contributed by atoms with Crippen molar-refractivity contribution in [1.29, 1.82) is 5.26 Å². The van der Waals surface area contributed by atoms with E-state index in [2.05, 4.69) is 11.4 Å². The molecular weight excluding hydrogens is 240 g/mol. The lowest BCUT2D eigenvalue weighted by molar-refractivity contribution is 0.391. The molecule has 0 radical (unpaired) electrons. The summed E-state index contributed by atoms with van der Waals surface area (Å²) < 4.78 is 10.7. The Morgan fingerprint density at radius 1 is 1.21 bits per heavy atom. The first-order valence-electron chi connectivity index (χ1n) is 6.27. The van der Waals surface area contributed by atoms with Gasteiger partial charge in [-0.15, -0.1) is 0 Å². The van der Waals surface area contributed by atoms with Crippen molar-refractivity contribution in [2.45, 2.75) is 27.3 Å². The third-order valence-electron chi connectivity index (χ3n) is 2.98. The van der Waals surface area contributed by atoms with Gasteiger partial charge in [-0.2, -0.15) is 5.26 Å². The molecule has 1 rings (SSSR count). The fraction of sp³-hybridized carbons (Fsp3) is 0.533. The molecular formula is C15H22N2O2. The number of benzene rings is 1. The summed E-state index contributed by atoms with van der Waals surface area (Å²) in [5, 5.41) is 12.3. The predicted molar refractivity (Wildman–Crippen MR) is 75.4 cm³/mol. The van der Waals surface area contributed by atoms with Crippen LogP contribution in [0.3, 0.4) is 0 Å². The molecule has 0 unspecified atom stereocenters. The number of rotatable bonds is 6. The van der Waals surface area contributed by atoms with Crippen molar-refractivity contribution in [2.75, 3.05) is 20.8 Å². The highest BCUT2D eigenvalue weighted by atomic mass is 16.5. The molecule has 1 aromatic rings. The van der Waals surface area contributed by atoms with Gasteiger partial charge in [0.2, 0.25) is 0 Å². The van der Waals surface area contributed by atoms with Crippen LogP contribution in [0, 0.1) is 23.7 Å². The SMILES string of the molecule is COc1cc(CNCC(C)(C)C#N)c(OC)cc1C. The molecule has 4 heteroatoms. The van der Waals surface area contributed by atoms with Crippen molar-refractivity contribution in [3.63, 3.8) is 0 Å². The maximum atomic E-state index is 8.98. The van der Waals surface area contributed by atoms with Crippen LogP contribution in [-0.2, 0) is 6.54 Å². The highest BCUT2D eigenvalue weighted by molar-refractivity contribution is 5.45. The summed E-state index contributed by atoms with van der Waals surface area (Å²) in [4.78, 5) is 0. The van der Waals surface area contributed by atoms with E-state index < -0.39 is 0 Å². The number of nitriles is 1. The lowest BCUT2D eigenvalue weighted by Crippen LogP contribution is -2.27. The third-order valence-corrected chi connectivity index (χ3v) is 2.98. The molecule has 104 valence electrons. The lowest BCUT2D eigenvalue weighted by atomic mass is 9.96. The summed E-state index contributed by atoms with van der Waals surface area (Å²) in [5.74, 6) is 1.68. The minimum absolute atomic E-state index is 0.373. The van der Waals surface area contributed by atoms with Crippen molar-refractivity contribution in [3.05, 3.63) is 23.3 Å². The fourth-order valence-electron chi connectivity index (χ4n) is 1.80. The van der Waals surface area contributed by atoms with E-state index in [0.29, 0.717) is 13.1 Å². The Balaban J connectivity index is 2.80. The van der Waals surface area contributed by atoms with Gasteiger partial charge in [-0.05, 0) is 38.5 Å². The minimum Gasteiger partial charge on any atom is -0.496 e. The quantitative estimate of drug-likeness (QED) is 0.856. The monoisotopic (exact) mass is 262 g/mol. The van der Waals surface area contributed by atoms with E-state index in [1.165, 1.54) is 0 Å². The summed E-state index contributed by atoms with van der Waals surface area (Å²) >= 11 is 0. The molecule has 0 spiro atoms. The van der Waals surface area contributed by atoms with Gasteiger partial charge in [0.25, 0.3) is 0 Å². The average molecular weight is 262 g/mol. The van der Waals surface area contributed by atoms with Crippen LogP contribution < -0.4 is 14.8 Å². The smallest absolute Gasteiger partial charge is 0.123 e. The Hall–Kier alpha value is -1.73. The molecule has 0 aliphatic heterocycles. The number of ether oxygens (including phenoxy) is 2. The van der Waals surface area contributed by atoms with Crippen LogP contribution in [0.25, 0.3) is 0 Å². The molecule has 0 aliphatic rings. The first kappa shape index (κ1) is 15.3. The van der Waals surface area contributed by atoms with Crippen LogP contribution in [0.2, 0.25) is 0 Å². The summed E-state index contributed by atoms with van der Waals surface area (Å²) in [5.41, 5.74) is 1.70. The standard InChI is InChI=1S/C15H22N2O2/c1-11-6-14(19-5)12(7-13(11)18-4)8-17-10-15(2,3)9-16/h6-7,17H,8,10H2,1-5H3. The van der Waals surface area contributed by atoms with Crippen LogP contribution in [0.1, 0.15) is 25.0 Å². The molecule has 0 saturated heterocycles. The second-order valence-electron chi connectivity index (χ2n) is 5.23. The third kappa shape index (κ3) is 4.15. The molecule has 0 saturated carbocycles. The molecule has 0 bridgehead atoms. The molecule has 0 aliphatic carbocycles. The van der Waals surface area contributed by atoms with Crippen molar-refractivity contribution in [3.8, 4) is 17.6 Å². The lowest BCUT2D eigenvalue weighted by Gasteiger charge is -2.18. The Labute approximate surface area is 115 Å². The highest BCUT2D eigenvalue weighted by Gasteiger charge is 2.16. The maximum Gasteiger partial charge on any atom is 0.123 e. The second-order valence-corrected chi connectivity index (χ2v) is 5.23. The second kappa shape index (κ2) is 6.44. The van der Waals surface area contributed by atoms with E-state index in [0.717, 1.165) is 22.6 Å². The van der Waals surface area contributed by atoms with Crippen molar-refractivity contribution in [1.82, 2.24) is 5.32 Å². The topological polar surface area (TPSA) is 54.3 Å². The maximum absolute atomic E-state index is 8.98. The van der Waals surface area contributed by atoms with Crippen LogP contribution in [0.15, 0.2) is 12.1 Å². The molecule has 0 amide bonds. The molecule has 0 fully saturated rings. The van der Waals surface area contributed by atoms with Gasteiger partial charge >= 0.3 is 0 Å². The predicted octanol–water partition coefficient (Wildman–Crippen LogP) is 2.65. The molecule has 1 N–H and O–H groups in total. The number of hydrogen-bond acceptors (Lipinski definition) is 4. The van der Waals surface area contributed by atoms with Gasteiger partial charge in [-0.3, -0.25) is 0 Å². The van der Waals surface area contributed by atoms with Crippen LogP contribution in [0.5, 0.6) is 11.5 Å². The van der Waals surface area contributed by atoms with Gasteiger partial charge in [0.05, 0.1) is 25.7 Å². The van der Waals surface area contributed by atoms with Gasteiger partial charge in [0.1, 0.15) is 11.5 Å². The first-order valence-corrected chi connectivity index (χ1v) is 6.27. The van der Waals surface area contributed by atoms with Crippen molar-refractivity contribution < 1.29 is 9.47 Å². The van der Waals surface area contributed by atoms with E-state index in [-0.39, 0.29) is 5.41 Å². The van der Waals surface area contributed by atoms with Crippen molar-refractivity contribution >= 4 is 0 Å². The number of nitrogens with one attached hydrogen (secondary N) is 1. The Morgan fingerprint density at radius 2 is 1.84 bits per heavy atom. The van der Waals surface area contributed by atoms with E-state index >= 15 is 0 Å². The number of methoxy groups -OCH3 is 2. The summed E-state index contributed by atoms with van der Waals surface area (Å²) in [6, 6.07) is 6.21. The normalized spacial score (nSPS) is 10.9. The zero-order chi connectivity index (χ0) is 14.5. The van der Waals surface area contributed by atoms with Crippen LogP contribution in [-0.4, -0.2) is 20.8 Å². The minimum atomic E-state index is -0.373. The van der Waals surface area contributed by atoms with Crippen molar-refractivity contribution in [2.24, 2.45) is 5.41 Å². The molecule has 0 heterocycles. The van der Waals surface area contributed by atoms with E-state index in [1.807, 2.05) is 32.9 Å². The summed E-state index contributed by atoms with van der Waals surface area (Å²) in [6.45, 7) is 7.07. The Kier molecular flexibility index (Phi) is 5.20. The highest BCUT2D eigenvalue weighted by Crippen LogP contribution is 2.28. The van der Waals surface area contributed by atoms with E-state index in [4.69, 9.17) is 14.7 Å². The molecule has 4 nitrogen and oxygen atoms in total. The molecule has 0 atom stereocenters. The summed E-state index contributed by atoms with van der Waals surface area (Å²) in [6.07, 6.45) is 0. The van der Waals surface area contributed by atoms with Gasteiger partial charge in [-0.25, -0.2) is 0 Å². The molecule has 0 aromatic heterocycles. The average Bonchev–Trinajstić information content (AvgIpc) is 2.39. The van der Waals surface area contributed by atoms with Gasteiger partial charge in [-0.1, -0.05) is 0 Å². The van der Waals surface area contributed by atoms with Gasteiger partial charge < -0.3 is 14.8 Å². The zero-order valence-corrected chi connectivity index (χ0v) is 12.3. The number of hydrogen-bond donors (Lipinski definition) is 1. The van der Waals surface area contributed by atoms with E-state index in [9.17, 15) is 0 Å².